The quantitative estimate of drug-likeness (QED) is 0.179. The predicted molar refractivity (Wildman–Crippen MR) is 72.8 cm³/mol. The minimum Gasteiger partial charge on any atom is -0.287 e. The summed E-state index contributed by atoms with van der Waals surface area (Å²) < 4.78 is 27.9. The summed E-state index contributed by atoms with van der Waals surface area (Å²) in [7, 11) is -3.67. The van der Waals surface area contributed by atoms with Crippen molar-refractivity contribution < 1.29 is 28.3 Å². The fraction of sp³-hybridized carbons (Fsp3) is 1.00. The standard InChI is InChI=1S/C12H27O6P/c1-4-7-10-15-19(14,16-11-8-5-2)18-12(17-13)9-6-3/h12-13H,4-11H2,1-3H3. The fourth-order valence-electron chi connectivity index (χ4n) is 1.24. The Hall–Kier alpha value is 0.0300. The van der Waals surface area contributed by atoms with Gasteiger partial charge < -0.3 is 0 Å². The van der Waals surface area contributed by atoms with Crippen LogP contribution >= 0.6 is 7.82 Å². The van der Waals surface area contributed by atoms with Crippen molar-refractivity contribution in [3.8, 4) is 0 Å². The van der Waals surface area contributed by atoms with Crippen molar-refractivity contribution in [1.29, 1.82) is 0 Å². The average Bonchev–Trinajstić information content (AvgIpc) is 2.39. The van der Waals surface area contributed by atoms with Crippen LogP contribution in [0.4, 0.5) is 0 Å². The van der Waals surface area contributed by atoms with Gasteiger partial charge >= 0.3 is 7.82 Å². The zero-order chi connectivity index (χ0) is 14.6. The Bertz CT molecular complexity index is 234. The summed E-state index contributed by atoms with van der Waals surface area (Å²) in [5.74, 6) is 0. The van der Waals surface area contributed by atoms with Crippen LogP contribution in [-0.4, -0.2) is 24.8 Å². The Morgan fingerprint density at radius 2 is 1.53 bits per heavy atom. The van der Waals surface area contributed by atoms with Gasteiger partial charge in [0.05, 0.1) is 13.2 Å². The molecule has 0 rings (SSSR count). The van der Waals surface area contributed by atoms with E-state index >= 15 is 0 Å². The number of hydrogen-bond acceptors (Lipinski definition) is 6. The fourth-order valence-corrected chi connectivity index (χ4v) is 2.58. The van der Waals surface area contributed by atoms with E-state index in [0.717, 1.165) is 32.1 Å². The second-order valence-corrected chi connectivity index (χ2v) is 5.87. The van der Waals surface area contributed by atoms with Gasteiger partial charge in [-0.15, -0.1) is 0 Å². The molecule has 0 aromatic carbocycles. The highest BCUT2D eigenvalue weighted by Crippen LogP contribution is 2.51. The third-order valence-corrected chi connectivity index (χ3v) is 3.87. The van der Waals surface area contributed by atoms with Crippen LogP contribution in [0.5, 0.6) is 0 Å². The highest BCUT2D eigenvalue weighted by atomic mass is 31.2. The Balaban J connectivity index is 4.39. The second kappa shape index (κ2) is 11.8. The van der Waals surface area contributed by atoms with E-state index in [1.54, 1.807) is 0 Å². The molecule has 1 unspecified atom stereocenters. The van der Waals surface area contributed by atoms with Crippen LogP contribution in [0.25, 0.3) is 0 Å². The summed E-state index contributed by atoms with van der Waals surface area (Å²) in [4.78, 5) is 4.14. The Morgan fingerprint density at radius 3 is 1.89 bits per heavy atom. The molecule has 0 saturated heterocycles. The summed E-state index contributed by atoms with van der Waals surface area (Å²) >= 11 is 0. The summed E-state index contributed by atoms with van der Waals surface area (Å²) in [6.45, 7) is 6.50. The first-order valence-corrected chi connectivity index (χ1v) is 8.45. The lowest BCUT2D eigenvalue weighted by Gasteiger charge is -2.21. The largest absolute Gasteiger partial charge is 0.477 e. The van der Waals surface area contributed by atoms with E-state index in [1.165, 1.54) is 0 Å². The molecule has 0 spiro atoms. The van der Waals surface area contributed by atoms with Crippen LogP contribution in [0.1, 0.15) is 59.3 Å². The summed E-state index contributed by atoms with van der Waals surface area (Å²) in [6, 6.07) is 0. The highest BCUT2D eigenvalue weighted by molar-refractivity contribution is 7.48. The normalized spacial score (nSPS) is 13.7. The maximum atomic E-state index is 12.3. The third-order valence-electron chi connectivity index (χ3n) is 2.38. The molecule has 0 saturated carbocycles. The van der Waals surface area contributed by atoms with Crippen molar-refractivity contribution in [2.45, 2.75) is 65.6 Å². The molecule has 0 aliphatic carbocycles. The first kappa shape index (κ1) is 19.0. The van der Waals surface area contributed by atoms with Gasteiger partial charge in [0.2, 0.25) is 6.29 Å². The Labute approximate surface area is 115 Å². The van der Waals surface area contributed by atoms with Crippen molar-refractivity contribution in [2.24, 2.45) is 0 Å². The Morgan fingerprint density at radius 1 is 1.00 bits per heavy atom. The topological polar surface area (TPSA) is 74.2 Å². The van der Waals surface area contributed by atoms with Gasteiger partial charge in [0.15, 0.2) is 0 Å². The van der Waals surface area contributed by atoms with E-state index in [-0.39, 0.29) is 0 Å². The predicted octanol–water partition coefficient (Wildman–Crippen LogP) is 4.36. The lowest BCUT2D eigenvalue weighted by Crippen LogP contribution is -2.16. The molecule has 1 N–H and O–H groups in total. The van der Waals surface area contributed by atoms with Crippen molar-refractivity contribution in [2.75, 3.05) is 13.2 Å². The monoisotopic (exact) mass is 298 g/mol. The van der Waals surface area contributed by atoms with Gasteiger partial charge in [-0.3, -0.25) is 13.6 Å². The van der Waals surface area contributed by atoms with E-state index in [1.807, 2.05) is 20.8 Å². The molecule has 7 heteroatoms. The van der Waals surface area contributed by atoms with Gasteiger partial charge in [-0.1, -0.05) is 40.0 Å². The van der Waals surface area contributed by atoms with E-state index in [9.17, 15) is 4.57 Å². The molecule has 0 fully saturated rings. The summed E-state index contributed by atoms with van der Waals surface area (Å²) in [5, 5.41) is 8.71. The molecule has 19 heavy (non-hydrogen) atoms. The van der Waals surface area contributed by atoms with Crippen molar-refractivity contribution in [1.82, 2.24) is 0 Å². The number of unbranched alkanes of at least 4 members (excludes halogenated alkanes) is 2. The van der Waals surface area contributed by atoms with Crippen LogP contribution in [0.15, 0.2) is 0 Å². The molecule has 0 radical (unpaired) electrons. The molecule has 0 bridgehead atoms. The van der Waals surface area contributed by atoms with Gasteiger partial charge in [-0.25, -0.2) is 14.7 Å². The third kappa shape index (κ3) is 9.55. The molecule has 0 aliphatic rings. The zero-order valence-corrected chi connectivity index (χ0v) is 13.1. The molecule has 0 aliphatic heterocycles. The van der Waals surface area contributed by atoms with Crippen LogP contribution in [0.3, 0.4) is 0 Å². The molecule has 6 nitrogen and oxygen atoms in total. The van der Waals surface area contributed by atoms with Crippen LogP contribution in [-0.2, 0) is 23.0 Å². The molecule has 1 atom stereocenters. The van der Waals surface area contributed by atoms with Crippen molar-refractivity contribution >= 4 is 7.82 Å². The average molecular weight is 298 g/mol. The van der Waals surface area contributed by atoms with E-state index in [2.05, 4.69) is 4.89 Å². The van der Waals surface area contributed by atoms with Gasteiger partial charge in [-0.05, 0) is 12.8 Å². The number of rotatable bonds is 13. The summed E-state index contributed by atoms with van der Waals surface area (Å²) in [6.07, 6.45) is 3.52. The lowest BCUT2D eigenvalue weighted by atomic mass is 10.3. The lowest BCUT2D eigenvalue weighted by molar-refractivity contribution is -0.330. The number of phosphoric acid groups is 1. The molecule has 0 heterocycles. The SMILES string of the molecule is CCCCOP(=O)(OCCCC)OC(CCC)OO. The van der Waals surface area contributed by atoms with E-state index in [0.29, 0.717) is 19.6 Å². The van der Waals surface area contributed by atoms with Crippen LogP contribution < -0.4 is 0 Å². The van der Waals surface area contributed by atoms with Gasteiger partial charge in [0.1, 0.15) is 0 Å². The van der Waals surface area contributed by atoms with Crippen LogP contribution in [0, 0.1) is 0 Å². The van der Waals surface area contributed by atoms with Crippen molar-refractivity contribution in [3.63, 3.8) is 0 Å². The Kier molecular flexibility index (Phi) is 11.8. The summed E-state index contributed by atoms with van der Waals surface area (Å²) in [5.41, 5.74) is 0. The minimum atomic E-state index is -3.67. The molecular formula is C12H27O6P. The van der Waals surface area contributed by atoms with Gasteiger partial charge in [0, 0.05) is 6.42 Å². The number of phosphoric ester groups is 1. The first-order chi connectivity index (χ1) is 9.11. The van der Waals surface area contributed by atoms with Crippen molar-refractivity contribution in [3.05, 3.63) is 0 Å². The van der Waals surface area contributed by atoms with Gasteiger partial charge in [0.25, 0.3) is 0 Å². The molecule has 0 aromatic rings. The molecular weight excluding hydrogens is 271 g/mol. The molecule has 0 aromatic heterocycles. The zero-order valence-electron chi connectivity index (χ0n) is 12.2. The van der Waals surface area contributed by atoms with E-state index in [4.69, 9.17) is 18.8 Å². The molecule has 0 amide bonds. The molecule has 116 valence electrons. The highest BCUT2D eigenvalue weighted by Gasteiger charge is 2.31. The second-order valence-electron chi connectivity index (χ2n) is 4.25. The number of hydrogen-bond donors (Lipinski definition) is 1. The smallest absolute Gasteiger partial charge is 0.287 e. The maximum Gasteiger partial charge on any atom is 0.477 e. The minimum absolute atomic E-state index is 0.296. The van der Waals surface area contributed by atoms with Crippen LogP contribution in [0.2, 0.25) is 0 Å². The van der Waals surface area contributed by atoms with Gasteiger partial charge in [-0.2, -0.15) is 0 Å². The first-order valence-electron chi connectivity index (χ1n) is 6.99. The maximum absolute atomic E-state index is 12.3. The van der Waals surface area contributed by atoms with E-state index < -0.39 is 14.1 Å².